The second-order valence-electron chi connectivity index (χ2n) is 7.74. The van der Waals surface area contributed by atoms with Gasteiger partial charge < -0.3 is 10.2 Å². The van der Waals surface area contributed by atoms with E-state index in [-0.39, 0.29) is 11.9 Å². The first-order chi connectivity index (χ1) is 15.4. The van der Waals surface area contributed by atoms with Crippen LogP contribution in [-0.4, -0.2) is 39.8 Å². The number of halogens is 3. The number of piperidine rings is 1. The molecule has 2 aromatic heterocycles. The van der Waals surface area contributed by atoms with Crippen molar-refractivity contribution >= 4 is 11.7 Å². The fourth-order valence-electron chi connectivity index (χ4n) is 3.95. The lowest BCUT2D eigenvalue weighted by atomic mass is 10.0. The van der Waals surface area contributed by atoms with Crippen LogP contribution < -0.4 is 10.2 Å². The van der Waals surface area contributed by atoms with E-state index >= 15 is 0 Å². The fourth-order valence-corrected chi connectivity index (χ4v) is 3.95. The Bertz CT molecular complexity index is 1060. The zero-order chi connectivity index (χ0) is 22.7. The number of amides is 1. The molecule has 0 unspecified atom stereocenters. The van der Waals surface area contributed by atoms with Crippen LogP contribution in [-0.2, 0) is 12.6 Å². The van der Waals surface area contributed by atoms with Gasteiger partial charge in [-0.3, -0.25) is 4.79 Å². The molecule has 1 aliphatic heterocycles. The van der Waals surface area contributed by atoms with E-state index in [1.165, 1.54) is 6.07 Å². The predicted octanol–water partition coefficient (Wildman–Crippen LogP) is 4.25. The Hall–Kier alpha value is -3.36. The van der Waals surface area contributed by atoms with Gasteiger partial charge in [-0.2, -0.15) is 18.3 Å². The smallest absolute Gasteiger partial charge is 0.356 e. The number of rotatable bonds is 5. The molecule has 1 fully saturated rings. The minimum atomic E-state index is -4.39. The monoisotopic (exact) mass is 443 g/mol. The van der Waals surface area contributed by atoms with Crippen molar-refractivity contribution in [3.63, 3.8) is 0 Å². The summed E-state index contributed by atoms with van der Waals surface area (Å²) < 4.78 is 40.0. The first-order valence-electron chi connectivity index (χ1n) is 10.6. The summed E-state index contributed by atoms with van der Waals surface area (Å²) in [5.41, 5.74) is 1.55. The predicted molar refractivity (Wildman–Crippen MR) is 115 cm³/mol. The van der Waals surface area contributed by atoms with Crippen LogP contribution in [0.15, 0.2) is 54.9 Å². The molecule has 1 N–H and O–H groups in total. The number of alkyl halides is 3. The number of anilines is 1. The summed E-state index contributed by atoms with van der Waals surface area (Å²) in [6.45, 7) is 3.20. The first-order valence-corrected chi connectivity index (χ1v) is 10.6. The molecule has 1 amide bonds. The topological polar surface area (TPSA) is 63.1 Å². The molecule has 4 rings (SSSR count). The third-order valence-corrected chi connectivity index (χ3v) is 5.68. The highest BCUT2D eigenvalue weighted by atomic mass is 19.4. The molecular formula is C23H24F3N5O. The highest BCUT2D eigenvalue weighted by Gasteiger charge is 2.31. The molecule has 1 aliphatic rings. The lowest BCUT2D eigenvalue weighted by molar-refractivity contribution is -0.137. The van der Waals surface area contributed by atoms with Crippen molar-refractivity contribution in [2.75, 3.05) is 18.0 Å². The van der Waals surface area contributed by atoms with E-state index in [9.17, 15) is 18.0 Å². The highest BCUT2D eigenvalue weighted by Crippen LogP contribution is 2.30. The van der Waals surface area contributed by atoms with Crippen molar-refractivity contribution < 1.29 is 18.0 Å². The zero-order valence-corrected chi connectivity index (χ0v) is 17.6. The average Bonchev–Trinajstić information content (AvgIpc) is 3.24. The molecule has 168 valence electrons. The second-order valence-corrected chi connectivity index (χ2v) is 7.74. The van der Waals surface area contributed by atoms with Crippen molar-refractivity contribution in [1.29, 1.82) is 0 Å². The van der Waals surface area contributed by atoms with Crippen LogP contribution in [0, 0.1) is 0 Å². The minimum absolute atomic E-state index is 0.0158. The molecule has 0 aliphatic carbocycles. The van der Waals surface area contributed by atoms with E-state index in [0.717, 1.165) is 23.6 Å². The third-order valence-electron chi connectivity index (χ3n) is 5.68. The number of para-hydroxylation sites is 1. The van der Waals surface area contributed by atoms with Crippen molar-refractivity contribution in [2.24, 2.45) is 0 Å². The summed E-state index contributed by atoms with van der Waals surface area (Å²) in [5, 5.41) is 7.49. The quantitative estimate of drug-likeness (QED) is 0.641. The maximum atomic E-state index is 12.9. The number of carbonyl (C=O) groups is 1. The number of carbonyl (C=O) groups excluding carboxylic acids is 1. The zero-order valence-electron chi connectivity index (χ0n) is 17.6. The van der Waals surface area contributed by atoms with E-state index in [0.29, 0.717) is 43.7 Å². The van der Waals surface area contributed by atoms with Gasteiger partial charge in [0.15, 0.2) is 0 Å². The number of hydrogen-bond acceptors (Lipinski definition) is 4. The number of nitrogens with one attached hydrogen (secondary N) is 1. The van der Waals surface area contributed by atoms with Crippen LogP contribution in [0.5, 0.6) is 0 Å². The molecule has 0 saturated carbocycles. The van der Waals surface area contributed by atoms with Crippen molar-refractivity contribution in [2.45, 2.75) is 38.4 Å². The van der Waals surface area contributed by atoms with Crippen LogP contribution in [0.25, 0.3) is 5.69 Å². The van der Waals surface area contributed by atoms with Gasteiger partial charge >= 0.3 is 6.18 Å². The molecule has 0 atom stereocenters. The van der Waals surface area contributed by atoms with Crippen LogP contribution >= 0.6 is 0 Å². The number of benzene rings is 1. The lowest BCUT2D eigenvalue weighted by Gasteiger charge is -2.33. The van der Waals surface area contributed by atoms with E-state index in [1.807, 2.05) is 42.2 Å². The molecule has 32 heavy (non-hydrogen) atoms. The Labute approximate surface area is 184 Å². The minimum Gasteiger partial charge on any atom is -0.356 e. The standard InChI is InChI=1S/C23H24F3N5O/c1-2-20-19(15-28-31(20)18-6-4-3-5-7-18)22(32)29-17-10-12-30(13-11-17)21-9-8-16(14-27-21)23(24,25)26/h3-9,14-15,17H,2,10-13H2,1H3,(H,29,32). The van der Waals surface area contributed by atoms with E-state index in [4.69, 9.17) is 0 Å². The van der Waals surface area contributed by atoms with Gasteiger partial charge in [-0.25, -0.2) is 9.67 Å². The van der Waals surface area contributed by atoms with Crippen molar-refractivity contribution in [1.82, 2.24) is 20.1 Å². The van der Waals surface area contributed by atoms with Gasteiger partial charge in [0, 0.05) is 25.3 Å². The Kier molecular flexibility index (Phi) is 6.16. The molecular weight excluding hydrogens is 419 g/mol. The Morgan fingerprint density at radius 3 is 2.41 bits per heavy atom. The van der Waals surface area contributed by atoms with E-state index < -0.39 is 11.7 Å². The van der Waals surface area contributed by atoms with Crippen LogP contribution in [0.1, 0.15) is 41.4 Å². The summed E-state index contributed by atoms with van der Waals surface area (Å²) in [4.78, 5) is 18.8. The first kappa shape index (κ1) is 21.9. The summed E-state index contributed by atoms with van der Waals surface area (Å²) in [7, 11) is 0. The molecule has 0 radical (unpaired) electrons. The van der Waals surface area contributed by atoms with Gasteiger partial charge in [0.1, 0.15) is 5.82 Å². The molecule has 0 bridgehead atoms. The highest BCUT2D eigenvalue weighted by molar-refractivity contribution is 5.95. The SMILES string of the molecule is CCc1c(C(=O)NC2CCN(c3ccc(C(F)(F)F)cn3)CC2)cnn1-c1ccccc1. The number of nitrogens with zero attached hydrogens (tertiary/aromatic N) is 4. The van der Waals surface area contributed by atoms with Gasteiger partial charge in [0.05, 0.1) is 28.7 Å². The maximum Gasteiger partial charge on any atom is 0.417 e. The molecule has 1 aromatic carbocycles. The van der Waals surface area contributed by atoms with Crippen LogP contribution in [0.4, 0.5) is 19.0 Å². The van der Waals surface area contributed by atoms with Crippen LogP contribution in [0.2, 0.25) is 0 Å². The summed E-state index contributed by atoms with van der Waals surface area (Å²) >= 11 is 0. The Morgan fingerprint density at radius 1 is 1.09 bits per heavy atom. The molecule has 3 heterocycles. The second kappa shape index (κ2) is 9.02. The van der Waals surface area contributed by atoms with Crippen LogP contribution in [0.3, 0.4) is 0 Å². The van der Waals surface area contributed by atoms with Crippen molar-refractivity contribution in [3.05, 3.63) is 71.7 Å². The Balaban J connectivity index is 1.37. The van der Waals surface area contributed by atoms with E-state index in [2.05, 4.69) is 15.4 Å². The van der Waals surface area contributed by atoms with Gasteiger partial charge in [-0.1, -0.05) is 25.1 Å². The molecule has 3 aromatic rings. The summed E-state index contributed by atoms with van der Waals surface area (Å²) in [6.07, 6.45) is 0.0951. The van der Waals surface area contributed by atoms with Gasteiger partial charge in [-0.15, -0.1) is 0 Å². The normalized spacial score (nSPS) is 15.1. The van der Waals surface area contributed by atoms with Gasteiger partial charge in [0.25, 0.3) is 5.91 Å². The summed E-state index contributed by atoms with van der Waals surface area (Å²) in [5.74, 6) is 0.357. The van der Waals surface area contributed by atoms with Gasteiger partial charge in [0.2, 0.25) is 0 Å². The molecule has 9 heteroatoms. The molecule has 6 nitrogen and oxygen atoms in total. The third kappa shape index (κ3) is 4.61. The lowest BCUT2D eigenvalue weighted by Crippen LogP contribution is -2.45. The Morgan fingerprint density at radius 2 is 1.81 bits per heavy atom. The number of pyridine rings is 1. The van der Waals surface area contributed by atoms with Gasteiger partial charge in [-0.05, 0) is 43.5 Å². The summed E-state index contributed by atoms with van der Waals surface area (Å²) in [6, 6.07) is 12.1. The largest absolute Gasteiger partial charge is 0.417 e. The number of aromatic nitrogens is 3. The number of hydrogen-bond donors (Lipinski definition) is 1. The molecule has 1 saturated heterocycles. The maximum absolute atomic E-state index is 12.9. The van der Waals surface area contributed by atoms with Crippen molar-refractivity contribution in [3.8, 4) is 5.69 Å². The van der Waals surface area contributed by atoms with E-state index in [1.54, 1.807) is 10.9 Å². The fraction of sp³-hybridized carbons (Fsp3) is 0.348. The molecule has 0 spiro atoms. The average molecular weight is 443 g/mol.